The fourth-order valence-electron chi connectivity index (χ4n) is 2.23. The molecular formula is C12H18N2O3S2. The lowest BCUT2D eigenvalue weighted by molar-refractivity contribution is 0.0105. The standard InChI is InChI=1S/C12H18N2O3S2/c1-7-5-14(12(16)13-11(7)15)10-4-9(19-3)8(17-10)6-18-2/h5,8-10H,4,6H2,1-3H3,(H,13,15,16)/t8-,9+,10-/m1/s1. The van der Waals surface area contributed by atoms with Gasteiger partial charge in [-0.2, -0.15) is 23.5 Å². The molecule has 0 bridgehead atoms. The minimum Gasteiger partial charge on any atom is -0.353 e. The summed E-state index contributed by atoms with van der Waals surface area (Å²) < 4.78 is 7.47. The third kappa shape index (κ3) is 3.09. The van der Waals surface area contributed by atoms with E-state index >= 15 is 0 Å². The summed E-state index contributed by atoms with van der Waals surface area (Å²) in [7, 11) is 0. The van der Waals surface area contributed by atoms with E-state index in [1.54, 1.807) is 36.6 Å². The van der Waals surface area contributed by atoms with Crippen LogP contribution >= 0.6 is 23.5 Å². The quantitative estimate of drug-likeness (QED) is 0.906. The van der Waals surface area contributed by atoms with Crippen LogP contribution in [0.15, 0.2) is 15.8 Å². The normalized spacial score (nSPS) is 26.8. The van der Waals surface area contributed by atoms with E-state index in [0.29, 0.717) is 10.8 Å². The van der Waals surface area contributed by atoms with Crippen molar-refractivity contribution in [1.29, 1.82) is 0 Å². The Morgan fingerprint density at radius 3 is 2.84 bits per heavy atom. The van der Waals surface area contributed by atoms with Crippen LogP contribution in [0, 0.1) is 6.92 Å². The van der Waals surface area contributed by atoms with Gasteiger partial charge in [0.1, 0.15) is 6.23 Å². The molecule has 0 unspecified atom stereocenters. The maximum Gasteiger partial charge on any atom is 0.330 e. The summed E-state index contributed by atoms with van der Waals surface area (Å²) in [6, 6.07) is 0. The minimum atomic E-state index is -0.398. The maximum absolute atomic E-state index is 11.9. The highest BCUT2D eigenvalue weighted by atomic mass is 32.2. The first-order valence-electron chi connectivity index (χ1n) is 6.06. The van der Waals surface area contributed by atoms with Gasteiger partial charge in [-0.1, -0.05) is 0 Å². The molecule has 0 saturated carbocycles. The van der Waals surface area contributed by atoms with Crippen molar-refractivity contribution in [2.24, 2.45) is 0 Å². The molecule has 1 N–H and O–H groups in total. The van der Waals surface area contributed by atoms with Crippen molar-refractivity contribution in [3.8, 4) is 0 Å². The fourth-order valence-corrected chi connectivity index (χ4v) is 3.82. The molecular weight excluding hydrogens is 284 g/mol. The van der Waals surface area contributed by atoms with E-state index in [4.69, 9.17) is 4.74 Å². The average molecular weight is 302 g/mol. The SMILES string of the molecule is CSC[C@H]1O[C@@H](n2cc(C)c(=O)[nH]c2=O)C[C@@H]1SC. The molecule has 0 amide bonds. The first kappa shape index (κ1) is 14.7. The Morgan fingerprint density at radius 2 is 2.21 bits per heavy atom. The van der Waals surface area contributed by atoms with Crippen LogP contribution in [0.2, 0.25) is 0 Å². The van der Waals surface area contributed by atoms with Crippen LogP contribution < -0.4 is 11.2 Å². The van der Waals surface area contributed by atoms with Crippen molar-refractivity contribution in [3.05, 3.63) is 32.6 Å². The molecule has 0 aromatic carbocycles. The van der Waals surface area contributed by atoms with Crippen LogP contribution in [-0.2, 0) is 4.74 Å². The molecule has 1 saturated heterocycles. The minimum absolute atomic E-state index is 0.147. The zero-order chi connectivity index (χ0) is 14.0. The highest BCUT2D eigenvalue weighted by molar-refractivity contribution is 7.99. The summed E-state index contributed by atoms with van der Waals surface area (Å²) in [6.45, 7) is 1.69. The predicted molar refractivity (Wildman–Crippen MR) is 80.3 cm³/mol. The molecule has 1 fully saturated rings. The summed E-state index contributed by atoms with van der Waals surface area (Å²) in [5.41, 5.74) is -0.205. The largest absolute Gasteiger partial charge is 0.353 e. The van der Waals surface area contributed by atoms with E-state index < -0.39 is 5.69 Å². The van der Waals surface area contributed by atoms with Gasteiger partial charge in [0.15, 0.2) is 0 Å². The van der Waals surface area contributed by atoms with Crippen LogP contribution in [0.25, 0.3) is 0 Å². The van der Waals surface area contributed by atoms with Gasteiger partial charge in [0.25, 0.3) is 5.56 Å². The molecule has 2 heterocycles. The Bertz CT molecular complexity index is 555. The summed E-state index contributed by atoms with van der Waals surface area (Å²) in [5, 5.41) is 0.386. The average Bonchev–Trinajstić information content (AvgIpc) is 2.77. The summed E-state index contributed by atoms with van der Waals surface area (Å²) in [5.74, 6) is 0.916. The Morgan fingerprint density at radius 1 is 1.47 bits per heavy atom. The number of thioether (sulfide) groups is 2. The highest BCUT2D eigenvalue weighted by Crippen LogP contribution is 2.35. The Balaban J connectivity index is 2.27. The lowest BCUT2D eigenvalue weighted by atomic mass is 10.2. The molecule has 106 valence electrons. The van der Waals surface area contributed by atoms with Crippen LogP contribution in [0.3, 0.4) is 0 Å². The molecule has 2 rings (SSSR count). The molecule has 1 aliphatic heterocycles. The highest BCUT2D eigenvalue weighted by Gasteiger charge is 2.35. The summed E-state index contributed by atoms with van der Waals surface area (Å²) in [6.07, 6.45) is 6.35. The Hall–Kier alpha value is -0.660. The molecule has 1 aromatic heterocycles. The molecule has 0 spiro atoms. The summed E-state index contributed by atoms with van der Waals surface area (Å²) >= 11 is 3.51. The second-order valence-electron chi connectivity index (χ2n) is 4.57. The number of H-pyrrole nitrogens is 1. The number of hydrogen-bond acceptors (Lipinski definition) is 5. The Labute approximate surface area is 120 Å². The van der Waals surface area contributed by atoms with E-state index in [0.717, 1.165) is 12.2 Å². The van der Waals surface area contributed by atoms with Gasteiger partial charge in [0, 0.05) is 29.2 Å². The number of nitrogens with one attached hydrogen (secondary N) is 1. The molecule has 1 aliphatic rings. The molecule has 0 aliphatic carbocycles. The van der Waals surface area contributed by atoms with Gasteiger partial charge in [0.05, 0.1) is 6.10 Å². The topological polar surface area (TPSA) is 64.1 Å². The smallest absolute Gasteiger partial charge is 0.330 e. The molecule has 7 heteroatoms. The molecule has 3 atom stereocenters. The number of aromatic amines is 1. The van der Waals surface area contributed by atoms with Gasteiger partial charge >= 0.3 is 5.69 Å². The van der Waals surface area contributed by atoms with Crippen LogP contribution in [-0.4, -0.2) is 39.2 Å². The Kier molecular flexibility index (Phi) is 4.81. The third-order valence-corrected chi connectivity index (χ3v) is 5.03. The van der Waals surface area contributed by atoms with E-state index in [2.05, 4.69) is 11.2 Å². The maximum atomic E-state index is 11.9. The van der Waals surface area contributed by atoms with E-state index in [-0.39, 0.29) is 17.9 Å². The predicted octanol–water partition coefficient (Wildman–Crippen LogP) is 1.23. The monoisotopic (exact) mass is 302 g/mol. The molecule has 19 heavy (non-hydrogen) atoms. The third-order valence-electron chi connectivity index (χ3n) is 3.27. The number of hydrogen-bond donors (Lipinski definition) is 1. The van der Waals surface area contributed by atoms with Gasteiger partial charge in [-0.25, -0.2) is 4.79 Å². The number of ether oxygens (including phenoxy) is 1. The van der Waals surface area contributed by atoms with Crippen molar-refractivity contribution in [3.63, 3.8) is 0 Å². The first-order valence-corrected chi connectivity index (χ1v) is 8.74. The van der Waals surface area contributed by atoms with Gasteiger partial charge in [0.2, 0.25) is 0 Å². The number of rotatable bonds is 4. The van der Waals surface area contributed by atoms with Crippen molar-refractivity contribution in [1.82, 2.24) is 9.55 Å². The van der Waals surface area contributed by atoms with Crippen molar-refractivity contribution in [2.45, 2.75) is 30.9 Å². The van der Waals surface area contributed by atoms with Crippen LogP contribution in [0.4, 0.5) is 0 Å². The van der Waals surface area contributed by atoms with Crippen molar-refractivity contribution >= 4 is 23.5 Å². The summed E-state index contributed by atoms with van der Waals surface area (Å²) in [4.78, 5) is 25.6. The van der Waals surface area contributed by atoms with Crippen molar-refractivity contribution < 1.29 is 4.74 Å². The molecule has 0 radical (unpaired) electrons. The zero-order valence-electron chi connectivity index (χ0n) is 11.2. The molecule has 5 nitrogen and oxygen atoms in total. The van der Waals surface area contributed by atoms with Gasteiger partial charge in [-0.15, -0.1) is 0 Å². The lowest BCUT2D eigenvalue weighted by Gasteiger charge is -2.16. The van der Waals surface area contributed by atoms with Crippen LogP contribution in [0.1, 0.15) is 18.2 Å². The lowest BCUT2D eigenvalue weighted by Crippen LogP contribution is -2.33. The van der Waals surface area contributed by atoms with Crippen molar-refractivity contribution in [2.75, 3.05) is 18.3 Å². The number of aromatic nitrogens is 2. The zero-order valence-corrected chi connectivity index (χ0v) is 12.8. The van der Waals surface area contributed by atoms with Gasteiger partial charge in [-0.3, -0.25) is 14.3 Å². The molecule has 1 aromatic rings. The number of nitrogens with zero attached hydrogens (tertiary/aromatic N) is 1. The van der Waals surface area contributed by atoms with Crippen LogP contribution in [0.5, 0.6) is 0 Å². The first-order chi connectivity index (χ1) is 9.06. The fraction of sp³-hybridized carbons (Fsp3) is 0.667. The van der Waals surface area contributed by atoms with Gasteiger partial charge in [-0.05, 0) is 19.4 Å². The second kappa shape index (κ2) is 6.19. The second-order valence-corrected chi connectivity index (χ2v) is 6.56. The van der Waals surface area contributed by atoms with E-state index in [1.807, 2.05) is 6.26 Å². The van der Waals surface area contributed by atoms with E-state index in [9.17, 15) is 9.59 Å². The van der Waals surface area contributed by atoms with E-state index in [1.165, 1.54) is 4.57 Å². The number of aryl methyl sites for hydroxylation is 1. The van der Waals surface area contributed by atoms with Gasteiger partial charge < -0.3 is 4.74 Å².